The number of carbonyl (C=O) groups is 1. The Morgan fingerprint density at radius 2 is 2.05 bits per heavy atom. The Labute approximate surface area is 123 Å². The van der Waals surface area contributed by atoms with E-state index < -0.39 is 5.97 Å². The lowest BCUT2D eigenvalue weighted by Crippen LogP contribution is -1.99. The normalized spacial score (nSPS) is 10.9. The van der Waals surface area contributed by atoms with Gasteiger partial charge in [-0.05, 0) is 37.0 Å². The van der Waals surface area contributed by atoms with Gasteiger partial charge in [-0.3, -0.25) is 4.79 Å². The van der Waals surface area contributed by atoms with E-state index in [0.29, 0.717) is 30.2 Å². The number of aliphatic hydroxyl groups is 1. The third kappa shape index (κ3) is 6.59. The molecule has 0 aliphatic heterocycles. The van der Waals surface area contributed by atoms with Crippen molar-refractivity contribution in [1.29, 1.82) is 0 Å². The van der Waals surface area contributed by atoms with Crippen molar-refractivity contribution in [2.24, 2.45) is 0 Å². The number of benzene rings is 1. The van der Waals surface area contributed by atoms with Crippen LogP contribution < -0.4 is 4.74 Å². The van der Waals surface area contributed by atoms with Crippen molar-refractivity contribution in [3.8, 4) is 5.75 Å². The third-order valence-electron chi connectivity index (χ3n) is 2.63. The minimum Gasteiger partial charge on any atom is -0.492 e. The molecule has 1 aromatic rings. The highest BCUT2D eigenvalue weighted by Gasteiger charge is 2.04. The van der Waals surface area contributed by atoms with Crippen molar-refractivity contribution in [3.63, 3.8) is 0 Å². The number of halogens is 1. The summed E-state index contributed by atoms with van der Waals surface area (Å²) in [6.45, 7) is 0.664. The highest BCUT2D eigenvalue weighted by molar-refractivity contribution is 6.32. The summed E-state index contributed by atoms with van der Waals surface area (Å²) in [6.07, 6.45) is 5.80. The van der Waals surface area contributed by atoms with Gasteiger partial charge in [0.05, 0.1) is 11.6 Å². The second-order valence-electron chi connectivity index (χ2n) is 4.28. The van der Waals surface area contributed by atoms with E-state index in [0.717, 1.165) is 12.0 Å². The molecule has 20 heavy (non-hydrogen) atoms. The number of hydrogen-bond donors (Lipinski definition) is 2. The van der Waals surface area contributed by atoms with Gasteiger partial charge < -0.3 is 14.9 Å². The number of aryl methyl sites for hydroxylation is 1. The first-order chi connectivity index (χ1) is 9.63. The number of aliphatic carboxylic acids is 1. The number of carboxylic acids is 1. The Morgan fingerprint density at radius 1 is 1.30 bits per heavy atom. The first-order valence-corrected chi connectivity index (χ1v) is 6.90. The molecule has 0 amide bonds. The van der Waals surface area contributed by atoms with Crippen molar-refractivity contribution in [2.45, 2.75) is 25.7 Å². The third-order valence-corrected chi connectivity index (χ3v) is 2.92. The van der Waals surface area contributed by atoms with Crippen molar-refractivity contribution < 1.29 is 19.7 Å². The Bertz CT molecular complexity index is 457. The Hall–Kier alpha value is -1.52. The molecular weight excluding hydrogens is 280 g/mol. The van der Waals surface area contributed by atoms with E-state index in [1.54, 1.807) is 12.1 Å². The van der Waals surface area contributed by atoms with Gasteiger partial charge in [0, 0.05) is 13.0 Å². The first kappa shape index (κ1) is 16.5. The lowest BCUT2D eigenvalue weighted by Gasteiger charge is -2.08. The fourth-order valence-corrected chi connectivity index (χ4v) is 1.87. The second-order valence-corrected chi connectivity index (χ2v) is 4.69. The molecule has 0 radical (unpaired) electrons. The second kappa shape index (κ2) is 9.39. The van der Waals surface area contributed by atoms with Crippen LogP contribution in [-0.4, -0.2) is 29.4 Å². The minimum atomic E-state index is -0.823. The minimum absolute atomic E-state index is 0.0895. The summed E-state index contributed by atoms with van der Waals surface area (Å²) in [4.78, 5) is 10.5. The van der Waals surface area contributed by atoms with E-state index in [1.165, 1.54) is 0 Å². The zero-order chi connectivity index (χ0) is 14.8. The van der Waals surface area contributed by atoms with Crippen LogP contribution in [0.1, 0.15) is 24.8 Å². The number of hydrogen-bond acceptors (Lipinski definition) is 3. The Kier molecular flexibility index (Phi) is 7.77. The van der Waals surface area contributed by atoms with E-state index in [9.17, 15) is 4.79 Å². The average Bonchev–Trinajstić information content (AvgIpc) is 2.42. The molecule has 1 rings (SSSR count). The van der Waals surface area contributed by atoms with Gasteiger partial charge in [0.15, 0.2) is 0 Å². The molecular formula is C15H19ClO4. The molecule has 5 heteroatoms. The lowest BCUT2D eigenvalue weighted by molar-refractivity contribution is -0.136. The molecule has 0 unspecified atom stereocenters. The summed E-state index contributed by atoms with van der Waals surface area (Å²) < 4.78 is 5.54. The molecule has 0 atom stereocenters. The van der Waals surface area contributed by atoms with Crippen LogP contribution in [0.15, 0.2) is 30.4 Å². The number of aliphatic hydroxyl groups excluding tert-OH is 1. The summed E-state index contributed by atoms with van der Waals surface area (Å²) in [5, 5.41) is 17.7. The van der Waals surface area contributed by atoms with E-state index in [-0.39, 0.29) is 13.0 Å². The maximum Gasteiger partial charge on any atom is 0.303 e. The lowest BCUT2D eigenvalue weighted by atomic mass is 10.1. The van der Waals surface area contributed by atoms with Gasteiger partial charge in [0.1, 0.15) is 5.75 Å². The zero-order valence-corrected chi connectivity index (χ0v) is 12.0. The van der Waals surface area contributed by atoms with Gasteiger partial charge in [0.25, 0.3) is 0 Å². The van der Waals surface area contributed by atoms with Crippen LogP contribution in [0.2, 0.25) is 5.02 Å². The molecule has 1 aromatic carbocycles. The summed E-state index contributed by atoms with van der Waals surface area (Å²) in [7, 11) is 0. The van der Waals surface area contributed by atoms with Crippen LogP contribution in [0.4, 0.5) is 0 Å². The SMILES string of the molecule is O=C(O)CCc1ccc(OCC/C=C/CCO)c(Cl)c1. The highest BCUT2D eigenvalue weighted by atomic mass is 35.5. The van der Waals surface area contributed by atoms with E-state index in [4.69, 9.17) is 26.6 Å². The molecule has 0 fully saturated rings. The van der Waals surface area contributed by atoms with Crippen molar-refractivity contribution >= 4 is 17.6 Å². The predicted octanol–water partition coefficient (Wildman–Crippen LogP) is 3.06. The maximum atomic E-state index is 10.5. The summed E-state index contributed by atoms with van der Waals surface area (Å²) in [6, 6.07) is 5.32. The van der Waals surface area contributed by atoms with Crippen LogP contribution >= 0.6 is 11.6 Å². The average molecular weight is 299 g/mol. The number of rotatable bonds is 9. The predicted molar refractivity (Wildman–Crippen MR) is 78.4 cm³/mol. The molecule has 0 bridgehead atoms. The van der Waals surface area contributed by atoms with Crippen molar-refractivity contribution in [3.05, 3.63) is 40.9 Å². The molecule has 0 aliphatic carbocycles. The van der Waals surface area contributed by atoms with Crippen LogP contribution in [0, 0.1) is 0 Å². The smallest absolute Gasteiger partial charge is 0.303 e. The van der Waals surface area contributed by atoms with Gasteiger partial charge in [-0.25, -0.2) is 0 Å². The van der Waals surface area contributed by atoms with E-state index in [2.05, 4.69) is 0 Å². The topological polar surface area (TPSA) is 66.8 Å². The molecule has 0 aliphatic rings. The van der Waals surface area contributed by atoms with Gasteiger partial charge in [-0.2, -0.15) is 0 Å². The zero-order valence-electron chi connectivity index (χ0n) is 11.2. The molecule has 2 N–H and O–H groups in total. The number of carboxylic acid groups (broad SMARTS) is 1. The Morgan fingerprint density at radius 3 is 2.70 bits per heavy atom. The molecule has 0 saturated carbocycles. The summed E-state index contributed by atoms with van der Waals surface area (Å²) in [5.41, 5.74) is 0.882. The van der Waals surface area contributed by atoms with Gasteiger partial charge >= 0.3 is 5.97 Å². The van der Waals surface area contributed by atoms with E-state index >= 15 is 0 Å². The molecule has 0 spiro atoms. The van der Waals surface area contributed by atoms with E-state index in [1.807, 2.05) is 18.2 Å². The van der Waals surface area contributed by atoms with Gasteiger partial charge in [-0.15, -0.1) is 0 Å². The molecule has 0 aromatic heterocycles. The fraction of sp³-hybridized carbons (Fsp3) is 0.400. The molecule has 0 heterocycles. The van der Waals surface area contributed by atoms with Crippen LogP contribution in [0.3, 0.4) is 0 Å². The fourth-order valence-electron chi connectivity index (χ4n) is 1.62. The number of ether oxygens (including phenoxy) is 1. The summed E-state index contributed by atoms with van der Waals surface area (Å²) in [5.74, 6) is -0.225. The van der Waals surface area contributed by atoms with Gasteiger partial charge in [-0.1, -0.05) is 29.8 Å². The van der Waals surface area contributed by atoms with Gasteiger partial charge in [0.2, 0.25) is 0 Å². The standard InChI is InChI=1S/C15H19ClO4/c16-13-11-12(6-8-15(18)19)5-7-14(13)20-10-4-2-1-3-9-17/h1-2,5,7,11,17H,3-4,6,8-10H2,(H,18,19)/b2-1+. The molecule has 4 nitrogen and oxygen atoms in total. The largest absolute Gasteiger partial charge is 0.492 e. The Balaban J connectivity index is 2.41. The van der Waals surface area contributed by atoms with Crippen LogP contribution in [0.25, 0.3) is 0 Å². The van der Waals surface area contributed by atoms with Crippen LogP contribution in [0.5, 0.6) is 5.75 Å². The van der Waals surface area contributed by atoms with Crippen molar-refractivity contribution in [2.75, 3.05) is 13.2 Å². The maximum absolute atomic E-state index is 10.5. The monoisotopic (exact) mass is 298 g/mol. The molecule has 110 valence electrons. The molecule has 0 saturated heterocycles. The van der Waals surface area contributed by atoms with Crippen molar-refractivity contribution in [1.82, 2.24) is 0 Å². The summed E-state index contributed by atoms with van der Waals surface area (Å²) >= 11 is 6.08. The van der Waals surface area contributed by atoms with Crippen LogP contribution in [-0.2, 0) is 11.2 Å². The highest BCUT2D eigenvalue weighted by Crippen LogP contribution is 2.26. The first-order valence-electron chi connectivity index (χ1n) is 6.52. The quantitative estimate of drug-likeness (QED) is 0.543.